The molecule has 1 aromatic heterocycles. The molecule has 2 heterocycles. The molecule has 0 saturated carbocycles. The maximum absolute atomic E-state index is 12.6. The van der Waals surface area contributed by atoms with Crippen LogP contribution >= 0.6 is 0 Å². The van der Waals surface area contributed by atoms with E-state index in [2.05, 4.69) is 5.32 Å². The molecule has 1 atom stereocenters. The van der Waals surface area contributed by atoms with E-state index >= 15 is 0 Å². The standard InChI is InChI=1S/C15H15N3O3/c16-8-9-1-2-10-5-6-18(15(21)11(10)7-9)12-3-4-13(19)17-14(12)20/h1-2,5-7,12H,3-4,8,16H2,(H,17,19,20). The highest BCUT2D eigenvalue weighted by molar-refractivity contribution is 5.99. The zero-order chi connectivity index (χ0) is 15.0. The summed E-state index contributed by atoms with van der Waals surface area (Å²) in [6, 6.07) is 6.62. The highest BCUT2D eigenvalue weighted by Gasteiger charge is 2.28. The Kier molecular flexibility index (Phi) is 3.31. The molecule has 1 unspecified atom stereocenters. The number of amides is 2. The van der Waals surface area contributed by atoms with Crippen molar-refractivity contribution in [3.63, 3.8) is 0 Å². The van der Waals surface area contributed by atoms with Crippen LogP contribution in [0.5, 0.6) is 0 Å². The fourth-order valence-electron chi connectivity index (χ4n) is 2.62. The van der Waals surface area contributed by atoms with Crippen LogP contribution in [0, 0.1) is 0 Å². The summed E-state index contributed by atoms with van der Waals surface area (Å²) in [5.41, 5.74) is 6.22. The monoisotopic (exact) mass is 285 g/mol. The van der Waals surface area contributed by atoms with E-state index in [9.17, 15) is 14.4 Å². The van der Waals surface area contributed by atoms with Crippen LogP contribution in [0.2, 0.25) is 0 Å². The Hall–Kier alpha value is -2.47. The number of nitrogens with one attached hydrogen (secondary N) is 1. The van der Waals surface area contributed by atoms with E-state index in [0.29, 0.717) is 18.4 Å². The van der Waals surface area contributed by atoms with Gasteiger partial charge in [-0.2, -0.15) is 0 Å². The molecule has 108 valence electrons. The third-order valence-corrected chi connectivity index (χ3v) is 3.78. The fraction of sp³-hybridized carbons (Fsp3) is 0.267. The van der Waals surface area contributed by atoms with Crippen LogP contribution in [0.15, 0.2) is 35.3 Å². The van der Waals surface area contributed by atoms with Crippen molar-refractivity contribution in [2.75, 3.05) is 0 Å². The lowest BCUT2D eigenvalue weighted by molar-refractivity contribution is -0.135. The highest BCUT2D eigenvalue weighted by atomic mass is 16.2. The fourth-order valence-corrected chi connectivity index (χ4v) is 2.62. The van der Waals surface area contributed by atoms with Crippen molar-refractivity contribution in [3.8, 4) is 0 Å². The maximum atomic E-state index is 12.6. The molecule has 1 fully saturated rings. The van der Waals surface area contributed by atoms with Crippen LogP contribution in [-0.2, 0) is 16.1 Å². The number of rotatable bonds is 2. The first-order valence-electron chi connectivity index (χ1n) is 6.77. The van der Waals surface area contributed by atoms with Gasteiger partial charge in [-0.1, -0.05) is 12.1 Å². The Morgan fingerprint density at radius 1 is 1.24 bits per heavy atom. The summed E-state index contributed by atoms with van der Waals surface area (Å²) >= 11 is 0. The molecule has 1 aromatic carbocycles. The zero-order valence-corrected chi connectivity index (χ0v) is 11.3. The number of fused-ring (bicyclic) bond motifs is 1. The van der Waals surface area contributed by atoms with Crippen LogP contribution < -0.4 is 16.6 Å². The molecular formula is C15H15N3O3. The molecule has 0 bridgehead atoms. The largest absolute Gasteiger partial charge is 0.326 e. The number of nitrogens with two attached hydrogens (primary N) is 1. The van der Waals surface area contributed by atoms with Gasteiger partial charge in [0.15, 0.2) is 0 Å². The Bertz CT molecular complexity index is 794. The van der Waals surface area contributed by atoms with E-state index in [1.165, 1.54) is 4.57 Å². The van der Waals surface area contributed by atoms with Gasteiger partial charge in [-0.05, 0) is 29.5 Å². The molecule has 3 N–H and O–H groups in total. The van der Waals surface area contributed by atoms with E-state index in [1.54, 1.807) is 18.3 Å². The molecule has 1 aliphatic heterocycles. The van der Waals surface area contributed by atoms with Crippen molar-refractivity contribution >= 4 is 22.6 Å². The predicted octanol–water partition coefficient (Wildman–Crippen LogP) is 0.438. The van der Waals surface area contributed by atoms with Gasteiger partial charge in [0, 0.05) is 24.5 Å². The van der Waals surface area contributed by atoms with Gasteiger partial charge < -0.3 is 10.3 Å². The molecule has 6 nitrogen and oxygen atoms in total. The third kappa shape index (κ3) is 2.34. The first-order chi connectivity index (χ1) is 10.1. The van der Waals surface area contributed by atoms with Gasteiger partial charge in [-0.25, -0.2) is 0 Å². The topological polar surface area (TPSA) is 94.2 Å². The van der Waals surface area contributed by atoms with Gasteiger partial charge in [0.05, 0.1) is 0 Å². The lowest BCUT2D eigenvalue weighted by Gasteiger charge is -2.23. The maximum Gasteiger partial charge on any atom is 0.259 e. The second kappa shape index (κ2) is 5.14. The summed E-state index contributed by atoms with van der Waals surface area (Å²) in [5, 5.41) is 3.61. The average molecular weight is 285 g/mol. The number of nitrogens with zero attached hydrogens (tertiary/aromatic N) is 1. The van der Waals surface area contributed by atoms with Gasteiger partial charge >= 0.3 is 0 Å². The van der Waals surface area contributed by atoms with Gasteiger partial charge in [0.1, 0.15) is 6.04 Å². The molecule has 6 heteroatoms. The minimum absolute atomic E-state index is 0.239. The molecule has 1 saturated heterocycles. The highest BCUT2D eigenvalue weighted by Crippen LogP contribution is 2.19. The average Bonchev–Trinajstić information content (AvgIpc) is 2.48. The SMILES string of the molecule is NCc1ccc2ccn(C3CCC(=O)NC3=O)c(=O)c2c1. The van der Waals surface area contributed by atoms with Crippen molar-refractivity contribution in [2.45, 2.75) is 25.4 Å². The van der Waals surface area contributed by atoms with Crippen LogP contribution in [0.3, 0.4) is 0 Å². The number of aromatic nitrogens is 1. The molecule has 1 aliphatic rings. The van der Waals surface area contributed by atoms with Crippen molar-refractivity contribution in [2.24, 2.45) is 5.73 Å². The Balaban J connectivity index is 2.11. The number of hydrogen-bond donors (Lipinski definition) is 2. The molecule has 0 aliphatic carbocycles. The summed E-state index contributed by atoms with van der Waals surface area (Å²) in [7, 11) is 0. The van der Waals surface area contributed by atoms with Crippen molar-refractivity contribution in [1.29, 1.82) is 0 Å². The first-order valence-corrected chi connectivity index (χ1v) is 6.77. The number of carbonyl (C=O) groups is 2. The number of benzene rings is 1. The van der Waals surface area contributed by atoms with Crippen LogP contribution in [0.4, 0.5) is 0 Å². The number of carbonyl (C=O) groups excluding carboxylic acids is 2. The molecule has 0 spiro atoms. The van der Waals surface area contributed by atoms with E-state index in [4.69, 9.17) is 5.73 Å². The summed E-state index contributed by atoms with van der Waals surface area (Å²) in [4.78, 5) is 35.7. The van der Waals surface area contributed by atoms with E-state index in [-0.39, 0.29) is 17.9 Å². The van der Waals surface area contributed by atoms with Crippen LogP contribution in [-0.4, -0.2) is 16.4 Å². The molecule has 3 rings (SSSR count). The normalized spacial score (nSPS) is 18.8. The summed E-state index contributed by atoms with van der Waals surface area (Å²) in [6.45, 7) is 0.350. The summed E-state index contributed by atoms with van der Waals surface area (Å²) in [6.07, 6.45) is 2.18. The minimum atomic E-state index is -0.638. The second-order valence-corrected chi connectivity index (χ2v) is 5.12. The molecule has 2 amide bonds. The number of pyridine rings is 1. The van der Waals surface area contributed by atoms with Gasteiger partial charge in [0.25, 0.3) is 5.56 Å². The molecule has 0 radical (unpaired) electrons. The second-order valence-electron chi connectivity index (χ2n) is 5.12. The smallest absolute Gasteiger partial charge is 0.259 e. The Morgan fingerprint density at radius 3 is 2.76 bits per heavy atom. The summed E-state index contributed by atoms with van der Waals surface area (Å²) in [5.74, 6) is -0.724. The number of hydrogen-bond acceptors (Lipinski definition) is 4. The van der Waals surface area contributed by atoms with Gasteiger partial charge in [-0.15, -0.1) is 0 Å². The van der Waals surface area contributed by atoms with E-state index in [0.717, 1.165) is 10.9 Å². The van der Waals surface area contributed by atoms with Crippen molar-refractivity contribution in [3.05, 3.63) is 46.4 Å². The van der Waals surface area contributed by atoms with Crippen LogP contribution in [0.25, 0.3) is 10.8 Å². The lowest BCUT2D eigenvalue weighted by atomic mass is 10.0. The lowest BCUT2D eigenvalue weighted by Crippen LogP contribution is -2.44. The van der Waals surface area contributed by atoms with E-state index < -0.39 is 11.9 Å². The zero-order valence-electron chi connectivity index (χ0n) is 11.3. The van der Waals surface area contributed by atoms with Crippen LogP contribution in [0.1, 0.15) is 24.4 Å². The number of imide groups is 1. The van der Waals surface area contributed by atoms with Gasteiger partial charge in [0.2, 0.25) is 11.8 Å². The Labute approximate surface area is 120 Å². The molecular weight excluding hydrogens is 270 g/mol. The minimum Gasteiger partial charge on any atom is -0.326 e. The number of piperidine rings is 1. The first kappa shape index (κ1) is 13.5. The predicted molar refractivity (Wildman–Crippen MR) is 77.5 cm³/mol. The van der Waals surface area contributed by atoms with Crippen molar-refractivity contribution in [1.82, 2.24) is 9.88 Å². The van der Waals surface area contributed by atoms with E-state index in [1.807, 2.05) is 12.1 Å². The van der Waals surface area contributed by atoms with Crippen molar-refractivity contribution < 1.29 is 9.59 Å². The molecule has 2 aromatic rings. The quantitative estimate of drug-likeness (QED) is 0.783. The summed E-state index contributed by atoms with van der Waals surface area (Å²) < 4.78 is 1.39. The van der Waals surface area contributed by atoms with Gasteiger partial charge in [-0.3, -0.25) is 19.7 Å². The third-order valence-electron chi connectivity index (χ3n) is 3.78. The molecule has 21 heavy (non-hydrogen) atoms. The Morgan fingerprint density at radius 2 is 2.05 bits per heavy atom.